The summed E-state index contributed by atoms with van der Waals surface area (Å²) in [5.74, 6) is -0.657. The van der Waals surface area contributed by atoms with Crippen LogP contribution in [-0.2, 0) is 13.1 Å². The summed E-state index contributed by atoms with van der Waals surface area (Å²) in [7, 11) is 0. The number of pyridine rings is 1. The van der Waals surface area contributed by atoms with Gasteiger partial charge in [0.25, 0.3) is 5.92 Å². The second-order valence-corrected chi connectivity index (χ2v) is 11.6. The maximum atomic E-state index is 13.9. The average Bonchev–Trinajstić information content (AvgIpc) is 3.06. The molecule has 3 fully saturated rings. The predicted octanol–water partition coefficient (Wildman–Crippen LogP) is 4.28. The highest BCUT2D eigenvalue weighted by atomic mass is 35.5. The standard InChI is InChI=1S/C25H25ClF3N7/c1-23(10-25(28,29)11-23)35-8-16-6-17(26)2-4-19(16)36-21(9-35)31-32-22(36)34-14-24(15-34)12-33(13-24)20-5-3-18(27)7-30-20/h2-7H,8-15H2,1H3. The molecule has 0 unspecified atom stereocenters. The van der Waals surface area contributed by atoms with Crippen molar-refractivity contribution in [3.63, 3.8) is 0 Å². The zero-order valence-electron chi connectivity index (χ0n) is 19.8. The van der Waals surface area contributed by atoms with E-state index >= 15 is 0 Å². The lowest BCUT2D eigenvalue weighted by Gasteiger charge is -2.60. The van der Waals surface area contributed by atoms with Crippen molar-refractivity contribution in [2.45, 2.75) is 44.3 Å². The minimum absolute atomic E-state index is 0.146. The van der Waals surface area contributed by atoms with Gasteiger partial charge in [0.05, 0.1) is 18.4 Å². The van der Waals surface area contributed by atoms with E-state index in [1.54, 1.807) is 6.07 Å². The third kappa shape index (κ3) is 3.41. The number of rotatable bonds is 3. The molecule has 3 aromatic rings. The Labute approximate surface area is 211 Å². The number of alkyl halides is 2. The average molecular weight is 516 g/mol. The number of hydrogen-bond donors (Lipinski definition) is 0. The molecule has 1 aliphatic carbocycles. The molecule has 2 aromatic heterocycles. The van der Waals surface area contributed by atoms with E-state index in [9.17, 15) is 13.2 Å². The molecule has 0 radical (unpaired) electrons. The molecule has 5 heterocycles. The van der Waals surface area contributed by atoms with Gasteiger partial charge in [-0.2, -0.15) is 0 Å². The number of nitrogens with zero attached hydrogens (tertiary/aromatic N) is 7. The smallest absolute Gasteiger partial charge is 0.251 e. The van der Waals surface area contributed by atoms with Crippen molar-refractivity contribution in [1.82, 2.24) is 24.6 Å². The van der Waals surface area contributed by atoms with Crippen LogP contribution in [0.25, 0.3) is 5.69 Å². The van der Waals surface area contributed by atoms with Crippen molar-refractivity contribution in [3.8, 4) is 5.69 Å². The number of hydrogen-bond acceptors (Lipinski definition) is 6. The molecule has 0 N–H and O–H groups in total. The van der Waals surface area contributed by atoms with Gasteiger partial charge in [-0.1, -0.05) is 11.6 Å². The zero-order chi connectivity index (χ0) is 24.9. The highest BCUT2D eigenvalue weighted by Gasteiger charge is 2.57. The van der Waals surface area contributed by atoms with Gasteiger partial charge in [0.15, 0.2) is 5.82 Å². The number of aromatic nitrogens is 4. The van der Waals surface area contributed by atoms with Gasteiger partial charge in [-0.05, 0) is 42.8 Å². The fraction of sp³-hybridized carbons (Fsp3) is 0.480. The summed E-state index contributed by atoms with van der Waals surface area (Å²) in [5.41, 5.74) is 1.46. The van der Waals surface area contributed by atoms with Gasteiger partial charge in [0.2, 0.25) is 5.95 Å². The van der Waals surface area contributed by atoms with Crippen molar-refractivity contribution in [1.29, 1.82) is 0 Å². The maximum absolute atomic E-state index is 13.9. The Kier molecular flexibility index (Phi) is 4.56. The lowest BCUT2D eigenvalue weighted by Crippen LogP contribution is -2.73. The Morgan fingerprint density at radius 3 is 2.39 bits per heavy atom. The molecule has 1 aromatic carbocycles. The summed E-state index contributed by atoms with van der Waals surface area (Å²) in [6.07, 6.45) is 0.924. The zero-order valence-corrected chi connectivity index (χ0v) is 20.5. The SMILES string of the molecule is CC1(N2Cc3cc(Cl)ccc3-n3c(nnc3N3CC4(CN(c5ccc(F)cn5)C4)C3)C2)CC(F)(F)C1. The number of fused-ring (bicyclic) bond motifs is 3. The minimum atomic E-state index is -2.62. The minimum Gasteiger partial charge on any atom is -0.355 e. The first-order chi connectivity index (χ1) is 17.1. The van der Waals surface area contributed by atoms with Crippen molar-refractivity contribution in [3.05, 3.63) is 58.8 Å². The highest BCUT2D eigenvalue weighted by Crippen LogP contribution is 2.51. The number of anilines is 2. The summed E-state index contributed by atoms with van der Waals surface area (Å²) in [5, 5.41) is 9.67. The van der Waals surface area contributed by atoms with E-state index in [1.807, 2.05) is 25.1 Å². The third-order valence-corrected chi connectivity index (χ3v) is 8.39. The second kappa shape index (κ2) is 7.35. The van der Waals surface area contributed by atoms with Crippen LogP contribution in [0.2, 0.25) is 5.02 Å². The van der Waals surface area contributed by atoms with Gasteiger partial charge in [-0.3, -0.25) is 9.47 Å². The molecular weight excluding hydrogens is 491 g/mol. The Morgan fingerprint density at radius 1 is 0.944 bits per heavy atom. The normalized spacial score (nSPS) is 23.2. The van der Waals surface area contributed by atoms with Crippen LogP contribution in [0.3, 0.4) is 0 Å². The topological polar surface area (TPSA) is 53.3 Å². The van der Waals surface area contributed by atoms with Crippen LogP contribution in [0.15, 0.2) is 36.5 Å². The van der Waals surface area contributed by atoms with Crippen LogP contribution in [0, 0.1) is 11.2 Å². The fourth-order valence-corrected chi connectivity index (χ4v) is 6.64. The summed E-state index contributed by atoms with van der Waals surface area (Å²) >= 11 is 6.34. The molecular formula is C25H25ClF3N7. The molecule has 0 atom stereocenters. The third-order valence-electron chi connectivity index (χ3n) is 8.15. The summed E-state index contributed by atoms with van der Waals surface area (Å²) in [4.78, 5) is 10.7. The van der Waals surface area contributed by atoms with Crippen LogP contribution in [-0.4, -0.2) is 62.3 Å². The number of halogens is 4. The van der Waals surface area contributed by atoms with E-state index in [4.69, 9.17) is 11.6 Å². The molecule has 3 aliphatic heterocycles. The van der Waals surface area contributed by atoms with Gasteiger partial charge in [-0.25, -0.2) is 18.2 Å². The van der Waals surface area contributed by atoms with E-state index in [0.29, 0.717) is 18.1 Å². The maximum Gasteiger partial charge on any atom is 0.251 e. The van der Waals surface area contributed by atoms with E-state index in [1.165, 1.54) is 12.3 Å². The van der Waals surface area contributed by atoms with Gasteiger partial charge < -0.3 is 9.80 Å². The molecule has 11 heteroatoms. The first-order valence-corrected chi connectivity index (χ1v) is 12.5. The van der Waals surface area contributed by atoms with Gasteiger partial charge in [0, 0.05) is 61.5 Å². The Morgan fingerprint density at radius 2 is 1.69 bits per heavy atom. The molecule has 2 saturated heterocycles. The molecule has 7 nitrogen and oxygen atoms in total. The Bertz CT molecular complexity index is 1340. The van der Waals surface area contributed by atoms with Crippen molar-refractivity contribution in [2.75, 3.05) is 36.0 Å². The Hall–Kier alpha value is -2.85. The van der Waals surface area contributed by atoms with E-state index < -0.39 is 11.5 Å². The van der Waals surface area contributed by atoms with E-state index in [0.717, 1.165) is 55.0 Å². The van der Waals surface area contributed by atoms with E-state index in [-0.39, 0.29) is 24.1 Å². The molecule has 0 bridgehead atoms. The van der Waals surface area contributed by atoms with Gasteiger partial charge in [0.1, 0.15) is 11.6 Å². The van der Waals surface area contributed by atoms with Crippen molar-refractivity contribution >= 4 is 23.4 Å². The van der Waals surface area contributed by atoms with Crippen molar-refractivity contribution < 1.29 is 13.2 Å². The van der Waals surface area contributed by atoms with Crippen LogP contribution in [0.4, 0.5) is 24.9 Å². The van der Waals surface area contributed by atoms with Gasteiger partial charge in [-0.15, -0.1) is 10.2 Å². The fourth-order valence-electron chi connectivity index (χ4n) is 6.45. The lowest BCUT2D eigenvalue weighted by molar-refractivity contribution is -0.173. The lowest BCUT2D eigenvalue weighted by atomic mass is 9.73. The van der Waals surface area contributed by atoms with Crippen LogP contribution >= 0.6 is 11.6 Å². The summed E-state index contributed by atoms with van der Waals surface area (Å²) < 4.78 is 43.0. The summed E-state index contributed by atoms with van der Waals surface area (Å²) in [6, 6.07) is 8.88. The molecule has 188 valence electrons. The highest BCUT2D eigenvalue weighted by molar-refractivity contribution is 6.30. The second-order valence-electron chi connectivity index (χ2n) is 11.1. The molecule has 36 heavy (non-hydrogen) atoms. The largest absolute Gasteiger partial charge is 0.355 e. The number of benzene rings is 1. The molecule has 1 saturated carbocycles. The summed E-state index contributed by atoms with van der Waals surface area (Å²) in [6.45, 7) is 6.24. The van der Waals surface area contributed by atoms with Crippen molar-refractivity contribution in [2.24, 2.45) is 5.41 Å². The van der Waals surface area contributed by atoms with Crippen LogP contribution in [0.1, 0.15) is 31.2 Å². The molecule has 0 amide bonds. The Balaban J connectivity index is 1.14. The molecule has 7 rings (SSSR count). The van der Waals surface area contributed by atoms with Crippen LogP contribution in [0.5, 0.6) is 0 Å². The molecule has 1 spiro atoms. The quantitative estimate of drug-likeness (QED) is 0.519. The monoisotopic (exact) mass is 515 g/mol. The first-order valence-electron chi connectivity index (χ1n) is 12.1. The van der Waals surface area contributed by atoms with E-state index in [2.05, 4.69) is 34.4 Å². The van der Waals surface area contributed by atoms with Gasteiger partial charge >= 0.3 is 0 Å². The predicted molar refractivity (Wildman–Crippen MR) is 129 cm³/mol. The van der Waals surface area contributed by atoms with Crippen LogP contribution < -0.4 is 9.80 Å². The first kappa shape index (κ1) is 22.4. The molecule has 4 aliphatic rings.